The van der Waals surface area contributed by atoms with Crippen LogP contribution >= 0.6 is 0 Å². The Morgan fingerprint density at radius 2 is 0.635 bits per heavy atom. The molecule has 21 N–H and O–H groups in total. The highest BCUT2D eigenvalue weighted by molar-refractivity contribution is 6.01. The lowest BCUT2D eigenvalue weighted by molar-refractivity contribution is -0.137. The molecule has 5 aromatic carbocycles. The summed E-state index contributed by atoms with van der Waals surface area (Å²) in [7, 11) is 0. The fourth-order valence-electron chi connectivity index (χ4n) is 16.3. The first-order chi connectivity index (χ1) is 71.0. The number of nitrogens with one attached hydrogen (secondary N) is 17. The van der Waals surface area contributed by atoms with Crippen LogP contribution in [0.4, 0.5) is 0 Å². The first kappa shape index (κ1) is 123. The summed E-state index contributed by atoms with van der Waals surface area (Å²) in [5, 5.41) is 60.4. The lowest BCUT2D eigenvalue weighted by Gasteiger charge is -2.30. The number of amides is 15. The molecule has 0 saturated carbocycles. The Labute approximate surface area is 870 Å². The number of azide groups is 1. The molecule has 1 heterocycles. The minimum absolute atomic E-state index is 0.00414. The summed E-state index contributed by atoms with van der Waals surface area (Å²) in [6.07, 6.45) is 4.20. The maximum Gasteiger partial charge on any atom is 0.243 e. The van der Waals surface area contributed by atoms with Gasteiger partial charge in [-0.05, 0) is 114 Å². The third kappa shape index (κ3) is 49.7. The van der Waals surface area contributed by atoms with E-state index in [0.717, 1.165) is 19.3 Å². The number of aryl methyl sites for hydroxylation is 1. The Morgan fingerprint density at radius 3 is 0.946 bits per heavy atom. The van der Waals surface area contributed by atoms with Gasteiger partial charge in [-0.2, -0.15) is 0 Å². The van der Waals surface area contributed by atoms with Crippen LogP contribution in [0.2, 0.25) is 0 Å². The molecule has 0 bridgehead atoms. The van der Waals surface area contributed by atoms with E-state index in [1.807, 2.05) is 80.5 Å². The molecule has 6 rings (SSSR count). The second-order valence-corrected chi connectivity index (χ2v) is 39.3. The van der Waals surface area contributed by atoms with Crippen molar-refractivity contribution in [2.75, 3.05) is 78.7 Å². The summed E-state index contributed by atoms with van der Waals surface area (Å²) in [4.78, 5) is 225. The summed E-state index contributed by atoms with van der Waals surface area (Å²) in [5.74, 6) is -12.7. The molecule has 0 unspecified atom stereocenters. The topological polar surface area (TPSA) is 601 Å². The second kappa shape index (κ2) is 69.5. The summed E-state index contributed by atoms with van der Waals surface area (Å²) in [6.45, 7) is 24.2. The fourth-order valence-corrected chi connectivity index (χ4v) is 16.3. The zero-order valence-corrected chi connectivity index (χ0v) is 87.8. The van der Waals surface area contributed by atoms with Gasteiger partial charge in [0.15, 0.2) is 0 Å². The Morgan fingerprint density at radius 1 is 0.338 bits per heavy atom. The predicted octanol–water partition coefficient (Wildman–Crippen LogP) is 3.99. The van der Waals surface area contributed by atoms with Crippen molar-refractivity contribution in [1.82, 2.24) is 105 Å². The number of carbonyl (C=O) groups is 15. The van der Waals surface area contributed by atoms with Gasteiger partial charge >= 0.3 is 0 Å². The van der Waals surface area contributed by atoms with Gasteiger partial charge in [0.25, 0.3) is 0 Å². The third-order valence-electron chi connectivity index (χ3n) is 23.8. The molecule has 810 valence electrons. The summed E-state index contributed by atoms with van der Waals surface area (Å²) < 4.78 is 7.10. The van der Waals surface area contributed by atoms with Crippen molar-refractivity contribution >= 4 is 88.6 Å². The van der Waals surface area contributed by atoms with Crippen LogP contribution in [-0.2, 0) is 122 Å². The molecule has 0 aliphatic rings. The van der Waals surface area contributed by atoms with E-state index in [9.17, 15) is 38.4 Å². The van der Waals surface area contributed by atoms with Crippen LogP contribution < -0.4 is 102 Å². The largest absolute Gasteiger partial charge is 0.379 e. The number of rotatable bonds is 73. The molecular weight excluding hydrogens is 1890 g/mol. The van der Waals surface area contributed by atoms with Crippen molar-refractivity contribution in [2.24, 2.45) is 46.2 Å². The number of nitrogens with zero attached hydrogens (tertiary/aromatic N) is 6. The van der Waals surface area contributed by atoms with Crippen molar-refractivity contribution in [2.45, 2.75) is 277 Å². The molecule has 0 fully saturated rings. The average Bonchev–Trinajstić information content (AvgIpc) is 0.932. The van der Waals surface area contributed by atoms with Crippen LogP contribution in [0.1, 0.15) is 193 Å². The number of benzene rings is 5. The van der Waals surface area contributed by atoms with E-state index in [1.165, 1.54) is 0 Å². The van der Waals surface area contributed by atoms with E-state index in [4.69, 9.17) is 21.7 Å². The molecule has 12 atom stereocenters. The normalized spacial score (nSPS) is 13.7. The molecular formula is C107H161N25O16. The highest BCUT2D eigenvalue weighted by atomic mass is 16.5. The van der Waals surface area contributed by atoms with Crippen molar-refractivity contribution < 1.29 is 76.7 Å². The number of carbonyl (C=O) groups excluding carboxylic acids is 15. The Kier molecular flexibility index (Phi) is 57.8. The lowest BCUT2D eigenvalue weighted by atomic mass is 9.97. The second-order valence-electron chi connectivity index (χ2n) is 39.3. The summed E-state index contributed by atoms with van der Waals surface area (Å²) >= 11 is 0. The molecule has 0 aliphatic heterocycles. The zero-order chi connectivity index (χ0) is 108. The van der Waals surface area contributed by atoms with Crippen molar-refractivity contribution in [3.8, 4) is 0 Å². The van der Waals surface area contributed by atoms with Crippen molar-refractivity contribution in [1.29, 1.82) is 0 Å². The number of hydrogen-bond donors (Lipinski definition) is 19. The highest BCUT2D eigenvalue weighted by Gasteiger charge is 2.40. The molecule has 15 amide bonds. The molecule has 41 heteroatoms. The Balaban J connectivity index is 1.25. The van der Waals surface area contributed by atoms with Gasteiger partial charge in [-0.1, -0.05) is 257 Å². The van der Waals surface area contributed by atoms with Gasteiger partial charge in [-0.15, -0.1) is 5.10 Å². The van der Waals surface area contributed by atoms with Crippen LogP contribution in [0, 0.1) is 29.6 Å². The molecule has 0 saturated heterocycles. The van der Waals surface area contributed by atoms with E-state index >= 15 is 33.6 Å². The lowest BCUT2D eigenvalue weighted by Crippen LogP contribution is -2.61. The first-order valence-corrected chi connectivity index (χ1v) is 52.0. The molecule has 1 aromatic heterocycles. The van der Waals surface area contributed by atoms with Crippen LogP contribution in [0.15, 0.2) is 163 Å². The quantitative estimate of drug-likeness (QED) is 0.0111. The van der Waals surface area contributed by atoms with E-state index in [-0.39, 0.29) is 133 Å². The van der Waals surface area contributed by atoms with Gasteiger partial charge in [0.1, 0.15) is 72.5 Å². The summed E-state index contributed by atoms with van der Waals surface area (Å²) in [5.41, 5.74) is 23.6. The highest BCUT2D eigenvalue weighted by Crippen LogP contribution is 2.20. The van der Waals surface area contributed by atoms with Gasteiger partial charge in [0.05, 0.1) is 38.3 Å². The van der Waals surface area contributed by atoms with Crippen LogP contribution in [0.5, 0.6) is 0 Å². The Bertz CT molecular complexity index is 5100. The number of aromatic nitrogens is 3. The Hall–Kier alpha value is -13.6. The minimum atomic E-state index is -1.67. The minimum Gasteiger partial charge on any atom is -0.379 e. The predicted molar refractivity (Wildman–Crippen MR) is 565 cm³/mol. The van der Waals surface area contributed by atoms with Gasteiger partial charge in [0, 0.05) is 115 Å². The van der Waals surface area contributed by atoms with Crippen LogP contribution in [-0.4, -0.2) is 255 Å². The smallest absolute Gasteiger partial charge is 0.243 e. The maximum atomic E-state index is 15.6. The molecule has 0 spiro atoms. The number of hydrogen-bond acceptors (Lipinski definition) is 23. The summed E-state index contributed by atoms with van der Waals surface area (Å²) in [6, 6.07) is 27.4. The van der Waals surface area contributed by atoms with Gasteiger partial charge < -0.3 is 107 Å². The van der Waals surface area contributed by atoms with E-state index in [2.05, 4.69) is 111 Å². The average molecular weight is 2050 g/mol. The third-order valence-corrected chi connectivity index (χ3v) is 23.8. The van der Waals surface area contributed by atoms with Gasteiger partial charge in [-0.3, -0.25) is 71.9 Å². The van der Waals surface area contributed by atoms with Crippen LogP contribution in [0.3, 0.4) is 0 Å². The first-order valence-electron chi connectivity index (χ1n) is 52.0. The zero-order valence-electron chi connectivity index (χ0n) is 87.8. The molecule has 0 radical (unpaired) electrons. The number of ether oxygens (including phenoxy) is 1. The van der Waals surface area contributed by atoms with Gasteiger partial charge in [-0.25, -0.2) is 4.68 Å². The van der Waals surface area contributed by atoms with Crippen molar-refractivity contribution in [3.63, 3.8) is 0 Å². The number of nitrogens with two attached hydrogens (primary N) is 2. The van der Waals surface area contributed by atoms with E-state index in [1.54, 1.807) is 158 Å². The molecule has 41 nitrogen and oxygen atoms in total. The molecule has 6 aromatic rings. The number of unbranched alkanes of at least 4 members (excludes halogenated alkanes) is 3. The maximum absolute atomic E-state index is 15.6. The monoisotopic (exact) mass is 2050 g/mol. The van der Waals surface area contributed by atoms with Crippen LogP contribution in [0.25, 0.3) is 10.4 Å². The fraction of sp³-hybridized carbons (Fsp3) is 0.561. The molecule has 0 aliphatic carbocycles. The molecule has 148 heavy (non-hydrogen) atoms. The van der Waals surface area contributed by atoms with Gasteiger partial charge in [0.2, 0.25) is 88.6 Å². The van der Waals surface area contributed by atoms with E-state index in [0.29, 0.717) is 105 Å². The van der Waals surface area contributed by atoms with E-state index < -0.39 is 174 Å². The SMILES string of the molecule is CCCCCCNC(=O)[C@H](CC(=O)NCCNCCN)NC(=O)[C@@H](CC(=O)NCCNCCN)NC(=O)[C@H](CC(C)C)NC(=O)[C@H](CC(C)C)NC(=O)[C@H](CC(C)C)NC(=O)[C@H](CC(C)C)NC(=O)[C@H](CC(C)C)NC(=O)[C@@H](Cc1ccccc1)NC(=O)[C@@H](Cc1ccccc1)NC(=O)[C@@H](Cc1ccccc1)NC(=O)[C@@H](Cc1ccccc1)NC(=O)[C@@H](Cc1ccccc1)NC(=O)CCCc1cn(CCOCCN=[N+]=[N-])nn1. The standard InChI is InChI=1S/C107H161N25O16/c1-12-13-14-30-46-115-96(136)91(67-94(134)113-51-49-111-47-44-108)127-107(147)92(68-95(135)114-52-50-112-48-45-109)128-101(141)85(61-74(10)11)121-99(139)83(59-72(6)7)119-97(137)81(57-70(2)3)118-98(138)82(58-71(4)5)120-100(140)84(60-73(8)9)122-103(143)87(63-76-34-22-16-23-35-76)124-105(145)89(65-78-38-26-18-27-39-78)126-106(146)90(66-79-40-28-19-29-41-79)125-104(144)88(64-77-36-24-17-25-37-77)123-102(142)86(62-75-32-20-15-21-33-75)117-93(133)43-31-42-80-69-132(131-129-80)54-56-148-55-53-116-130-110/h15-29,32-41,69-74,81-92,111-112H,12-14,30-31,42-68,108-109H2,1-11H3,(H,113,134)(H,114,135)(H,115,136)(H,117,133)(H,118,138)(H,119,137)(H,120,140)(H,121,139)(H,122,143)(H,123,142)(H,124,145)(H,125,144)(H,126,146)(H,127,147)(H,128,141)/t81-,82-,83-,84-,85-,86+,87+,88+,89+,90+,91-,92+/m0/s1. The van der Waals surface area contributed by atoms with Crippen molar-refractivity contribution in [3.05, 3.63) is 202 Å².